The van der Waals surface area contributed by atoms with Crippen molar-refractivity contribution in [1.29, 1.82) is 0 Å². The van der Waals surface area contributed by atoms with Crippen molar-refractivity contribution in [3.8, 4) is 5.75 Å². The fraction of sp³-hybridized carbons (Fsp3) is 0.357. The van der Waals surface area contributed by atoms with Crippen molar-refractivity contribution in [2.45, 2.75) is 45.8 Å². The minimum Gasteiger partial charge on any atom is -0.496 e. The molecule has 0 radical (unpaired) electrons. The Labute approximate surface area is 205 Å². The van der Waals surface area contributed by atoms with E-state index in [0.717, 1.165) is 11.3 Å². The first kappa shape index (κ1) is 24.5. The molecule has 7 heteroatoms. The van der Waals surface area contributed by atoms with Crippen molar-refractivity contribution in [3.63, 3.8) is 0 Å². The fourth-order valence-corrected chi connectivity index (χ4v) is 4.64. The average molecular weight is 478 g/mol. The van der Waals surface area contributed by atoms with Gasteiger partial charge in [-0.1, -0.05) is 18.2 Å². The molecule has 2 heterocycles. The van der Waals surface area contributed by atoms with Gasteiger partial charge in [-0.15, -0.1) is 0 Å². The number of halogens is 1. The first-order valence-corrected chi connectivity index (χ1v) is 11.8. The summed E-state index contributed by atoms with van der Waals surface area (Å²) in [4.78, 5) is 30.7. The van der Waals surface area contributed by atoms with E-state index in [-0.39, 0.29) is 30.2 Å². The number of hydrogen-bond acceptors (Lipinski definition) is 3. The van der Waals surface area contributed by atoms with Crippen LogP contribution in [-0.2, 0) is 11.3 Å². The normalized spacial score (nSPS) is 15.5. The summed E-state index contributed by atoms with van der Waals surface area (Å²) in [5.41, 5.74) is 2.03. The van der Waals surface area contributed by atoms with Crippen LogP contribution in [-0.4, -0.2) is 51.9 Å². The van der Waals surface area contributed by atoms with Crippen molar-refractivity contribution in [2.24, 2.45) is 0 Å². The highest BCUT2D eigenvalue weighted by atomic mass is 19.1. The van der Waals surface area contributed by atoms with Gasteiger partial charge < -0.3 is 19.1 Å². The zero-order chi connectivity index (χ0) is 25.3. The number of aryl methyl sites for hydroxylation is 1. The molecule has 35 heavy (non-hydrogen) atoms. The molecule has 1 aromatic heterocycles. The molecule has 6 nitrogen and oxygen atoms in total. The maximum atomic E-state index is 13.8. The first-order chi connectivity index (χ1) is 16.6. The van der Waals surface area contributed by atoms with Crippen LogP contribution >= 0.6 is 0 Å². The summed E-state index contributed by atoms with van der Waals surface area (Å²) in [5, 5.41) is 0. The van der Waals surface area contributed by atoms with E-state index in [1.54, 1.807) is 18.9 Å². The summed E-state index contributed by atoms with van der Waals surface area (Å²) in [7, 11) is 1.62. The van der Waals surface area contributed by atoms with Gasteiger partial charge >= 0.3 is 0 Å². The Hall–Kier alpha value is -3.61. The largest absolute Gasteiger partial charge is 0.496 e. The van der Waals surface area contributed by atoms with Gasteiger partial charge in [-0.25, -0.2) is 4.39 Å². The molecule has 2 amide bonds. The summed E-state index contributed by atoms with van der Waals surface area (Å²) >= 11 is 0. The molecule has 0 N–H and O–H groups in total. The summed E-state index contributed by atoms with van der Waals surface area (Å²) in [6.45, 7) is 8.39. The van der Waals surface area contributed by atoms with E-state index in [9.17, 15) is 14.0 Å². The van der Waals surface area contributed by atoms with E-state index in [1.807, 2.05) is 68.3 Å². The number of para-hydroxylation sites is 1. The van der Waals surface area contributed by atoms with Crippen LogP contribution in [0.1, 0.15) is 54.0 Å². The fourth-order valence-electron chi connectivity index (χ4n) is 4.64. The molecule has 0 spiro atoms. The van der Waals surface area contributed by atoms with Gasteiger partial charge in [-0.2, -0.15) is 0 Å². The highest BCUT2D eigenvalue weighted by Crippen LogP contribution is 2.37. The van der Waals surface area contributed by atoms with Gasteiger partial charge in [0.2, 0.25) is 5.91 Å². The highest BCUT2D eigenvalue weighted by Gasteiger charge is 2.37. The molecule has 0 bridgehead atoms. The lowest BCUT2D eigenvalue weighted by atomic mass is 9.98. The van der Waals surface area contributed by atoms with Crippen molar-refractivity contribution in [1.82, 2.24) is 14.4 Å². The van der Waals surface area contributed by atoms with Gasteiger partial charge in [-0.05, 0) is 69.7 Å². The van der Waals surface area contributed by atoms with Crippen molar-refractivity contribution in [2.75, 3.05) is 20.2 Å². The summed E-state index contributed by atoms with van der Waals surface area (Å²) < 4.78 is 21.6. The molecular weight excluding hydrogens is 445 g/mol. The molecule has 2 aromatic carbocycles. The molecule has 1 atom stereocenters. The number of amides is 2. The van der Waals surface area contributed by atoms with Crippen LogP contribution in [0.4, 0.5) is 4.39 Å². The molecule has 184 valence electrons. The summed E-state index contributed by atoms with van der Waals surface area (Å²) in [6, 6.07) is 15.7. The van der Waals surface area contributed by atoms with Crippen molar-refractivity contribution < 1.29 is 18.7 Å². The maximum Gasteiger partial charge on any atom is 0.254 e. The average Bonchev–Trinajstić information content (AvgIpc) is 3.31. The number of carbonyl (C=O) groups excluding carboxylic acids is 2. The second kappa shape index (κ2) is 9.56. The molecule has 0 fully saturated rings. The molecule has 1 aliphatic rings. The van der Waals surface area contributed by atoms with Gasteiger partial charge in [-0.3, -0.25) is 9.59 Å². The van der Waals surface area contributed by atoms with Crippen LogP contribution in [0.25, 0.3) is 0 Å². The Morgan fingerprint density at radius 1 is 1.09 bits per heavy atom. The standard InChI is InChI=1S/C28H32FN3O3/c1-19-17-20(12-13-22(19)29)27(34)32(28(2,3)4)18-25(33)31-16-15-30-14-8-10-23(30)26(31)21-9-6-7-11-24(21)35-5/h6-14,17,26H,15-16,18H2,1-5H3/t26-/m1/s1. The Bertz CT molecular complexity index is 1240. The lowest BCUT2D eigenvalue weighted by Crippen LogP contribution is -2.53. The number of ether oxygens (including phenoxy) is 1. The van der Waals surface area contributed by atoms with Crippen molar-refractivity contribution in [3.05, 3.63) is 89.0 Å². The molecule has 0 saturated carbocycles. The topological polar surface area (TPSA) is 54.8 Å². The van der Waals surface area contributed by atoms with Crippen LogP contribution in [0.5, 0.6) is 5.75 Å². The number of nitrogens with zero attached hydrogens (tertiary/aromatic N) is 3. The molecule has 1 aliphatic heterocycles. The van der Waals surface area contributed by atoms with E-state index in [4.69, 9.17) is 4.74 Å². The Balaban J connectivity index is 1.69. The number of methoxy groups -OCH3 is 1. The Kier molecular flexibility index (Phi) is 6.70. The first-order valence-electron chi connectivity index (χ1n) is 11.8. The number of hydrogen-bond donors (Lipinski definition) is 0. The van der Waals surface area contributed by atoms with E-state index in [0.29, 0.717) is 30.0 Å². The van der Waals surface area contributed by atoms with Crippen LogP contribution < -0.4 is 4.74 Å². The van der Waals surface area contributed by atoms with E-state index in [1.165, 1.54) is 18.2 Å². The predicted molar refractivity (Wildman–Crippen MR) is 133 cm³/mol. The van der Waals surface area contributed by atoms with Gasteiger partial charge in [0.05, 0.1) is 7.11 Å². The molecule has 0 aliphatic carbocycles. The zero-order valence-electron chi connectivity index (χ0n) is 20.9. The number of aromatic nitrogens is 1. The molecule has 0 saturated heterocycles. The molecule has 3 aromatic rings. The van der Waals surface area contributed by atoms with Crippen LogP contribution in [0.2, 0.25) is 0 Å². The molecule has 4 rings (SSSR count). The molecule has 0 unspecified atom stereocenters. The van der Waals surface area contributed by atoms with Crippen molar-refractivity contribution >= 4 is 11.8 Å². The van der Waals surface area contributed by atoms with Gasteiger partial charge in [0, 0.05) is 41.6 Å². The Morgan fingerprint density at radius 2 is 1.83 bits per heavy atom. The second-order valence-corrected chi connectivity index (χ2v) is 9.88. The SMILES string of the molecule is COc1ccccc1[C@@H]1c2cccn2CCN1C(=O)CN(C(=O)c1ccc(F)c(C)c1)C(C)(C)C. The number of rotatable bonds is 5. The van der Waals surface area contributed by atoms with Gasteiger partial charge in [0.1, 0.15) is 24.2 Å². The highest BCUT2D eigenvalue weighted by molar-refractivity contribution is 5.97. The monoisotopic (exact) mass is 477 g/mol. The minimum absolute atomic E-state index is 0.0921. The molecular formula is C28H32FN3O3. The summed E-state index contributed by atoms with van der Waals surface area (Å²) in [5.74, 6) is -0.120. The lowest BCUT2D eigenvalue weighted by Gasteiger charge is -2.41. The van der Waals surface area contributed by atoms with Crippen LogP contribution in [0, 0.1) is 12.7 Å². The zero-order valence-corrected chi connectivity index (χ0v) is 20.9. The minimum atomic E-state index is -0.620. The lowest BCUT2D eigenvalue weighted by molar-refractivity contribution is -0.135. The van der Waals surface area contributed by atoms with E-state index in [2.05, 4.69) is 4.57 Å². The third-order valence-corrected chi connectivity index (χ3v) is 6.55. The number of carbonyl (C=O) groups is 2. The van der Waals surface area contributed by atoms with Gasteiger partial charge in [0.15, 0.2) is 0 Å². The van der Waals surface area contributed by atoms with E-state index >= 15 is 0 Å². The Morgan fingerprint density at radius 3 is 2.51 bits per heavy atom. The number of fused-ring (bicyclic) bond motifs is 1. The second-order valence-electron chi connectivity index (χ2n) is 9.88. The van der Waals surface area contributed by atoms with E-state index < -0.39 is 5.54 Å². The third kappa shape index (κ3) is 4.81. The van der Waals surface area contributed by atoms with Crippen LogP contribution in [0.15, 0.2) is 60.8 Å². The van der Waals surface area contributed by atoms with Gasteiger partial charge in [0.25, 0.3) is 5.91 Å². The quantitative estimate of drug-likeness (QED) is 0.530. The van der Waals surface area contributed by atoms with Crippen LogP contribution in [0.3, 0.4) is 0 Å². The third-order valence-electron chi connectivity index (χ3n) is 6.55. The predicted octanol–water partition coefficient (Wildman–Crippen LogP) is 4.82. The smallest absolute Gasteiger partial charge is 0.254 e. The maximum absolute atomic E-state index is 13.8. The summed E-state index contributed by atoms with van der Waals surface area (Å²) in [6.07, 6.45) is 2.02. The number of benzene rings is 2.